The first kappa shape index (κ1) is 15.8. The van der Waals surface area contributed by atoms with Gasteiger partial charge in [0, 0.05) is 32.1 Å². The van der Waals surface area contributed by atoms with Crippen LogP contribution in [0, 0.1) is 0 Å². The largest absolute Gasteiger partial charge is 0.344 e. The molecule has 2 heterocycles. The fourth-order valence-electron chi connectivity index (χ4n) is 3.58. The average molecular weight is 357 g/mol. The molecule has 4 rings (SSSR count). The zero-order chi connectivity index (χ0) is 15.9. The summed E-state index contributed by atoms with van der Waals surface area (Å²) in [6.45, 7) is 2.62. The van der Waals surface area contributed by atoms with E-state index in [4.69, 9.17) is 0 Å². The smallest absolute Gasteiger partial charge is 0.217 e. The van der Waals surface area contributed by atoms with Crippen LogP contribution in [0.25, 0.3) is 0 Å². The average Bonchev–Trinajstić information content (AvgIpc) is 3.34. The van der Waals surface area contributed by atoms with Gasteiger partial charge in [-0.1, -0.05) is 30.6 Å². The molecule has 0 spiro atoms. The standard InChI is InChI=1S/C15H24N4O2S2/c20-23(21,13-6-7-13)19-10-8-18(9-11-19)15-17-16-14(22-15)12-4-2-1-3-5-12/h12-13H,1-11H2. The van der Waals surface area contributed by atoms with E-state index in [9.17, 15) is 8.42 Å². The van der Waals surface area contributed by atoms with Crippen molar-refractivity contribution in [2.45, 2.75) is 56.1 Å². The quantitative estimate of drug-likeness (QED) is 0.827. The first-order chi connectivity index (χ1) is 11.1. The zero-order valence-electron chi connectivity index (χ0n) is 13.4. The summed E-state index contributed by atoms with van der Waals surface area (Å²) in [6, 6.07) is 0. The number of hydrogen-bond donors (Lipinski definition) is 0. The molecule has 1 aromatic heterocycles. The summed E-state index contributed by atoms with van der Waals surface area (Å²) < 4.78 is 26.2. The molecule has 2 aliphatic carbocycles. The number of nitrogens with zero attached hydrogens (tertiary/aromatic N) is 4. The Morgan fingerprint density at radius 3 is 2.26 bits per heavy atom. The van der Waals surface area contributed by atoms with Gasteiger partial charge in [0.1, 0.15) is 5.01 Å². The Morgan fingerprint density at radius 1 is 0.913 bits per heavy atom. The van der Waals surface area contributed by atoms with E-state index in [0.717, 1.165) is 31.1 Å². The summed E-state index contributed by atoms with van der Waals surface area (Å²) in [7, 11) is -3.03. The van der Waals surface area contributed by atoms with Gasteiger partial charge < -0.3 is 4.90 Å². The molecule has 8 heteroatoms. The van der Waals surface area contributed by atoms with Gasteiger partial charge in [0.2, 0.25) is 15.2 Å². The highest BCUT2D eigenvalue weighted by atomic mass is 32.2. The molecule has 3 fully saturated rings. The minimum Gasteiger partial charge on any atom is -0.344 e. The predicted octanol–water partition coefficient (Wildman–Crippen LogP) is 2.20. The van der Waals surface area contributed by atoms with Crippen molar-refractivity contribution in [2.24, 2.45) is 0 Å². The number of hydrogen-bond acceptors (Lipinski definition) is 6. The van der Waals surface area contributed by atoms with E-state index in [0.29, 0.717) is 19.0 Å². The molecule has 6 nitrogen and oxygen atoms in total. The summed E-state index contributed by atoms with van der Waals surface area (Å²) in [5, 5.41) is 10.8. The lowest BCUT2D eigenvalue weighted by atomic mass is 9.90. The molecule has 2 saturated carbocycles. The molecular weight excluding hydrogens is 332 g/mol. The van der Waals surface area contributed by atoms with Crippen LogP contribution in [0.15, 0.2) is 0 Å². The van der Waals surface area contributed by atoms with Crippen molar-refractivity contribution in [1.82, 2.24) is 14.5 Å². The van der Waals surface area contributed by atoms with Gasteiger partial charge in [-0.15, -0.1) is 10.2 Å². The van der Waals surface area contributed by atoms with Gasteiger partial charge in [-0.3, -0.25) is 0 Å². The van der Waals surface area contributed by atoms with Crippen LogP contribution in [0.2, 0.25) is 0 Å². The monoisotopic (exact) mass is 356 g/mol. The molecule has 3 aliphatic rings. The first-order valence-electron chi connectivity index (χ1n) is 8.72. The Hall–Kier alpha value is -0.730. The summed E-state index contributed by atoms with van der Waals surface area (Å²) in [4.78, 5) is 2.20. The molecule has 0 bridgehead atoms. The van der Waals surface area contributed by atoms with Gasteiger partial charge in [-0.2, -0.15) is 4.31 Å². The fourth-order valence-corrected chi connectivity index (χ4v) is 6.47. The molecular formula is C15H24N4O2S2. The summed E-state index contributed by atoms with van der Waals surface area (Å²) in [6.07, 6.45) is 8.10. The third-order valence-corrected chi connectivity index (χ3v) is 8.74. The molecule has 0 N–H and O–H groups in total. The molecule has 1 aromatic rings. The van der Waals surface area contributed by atoms with Gasteiger partial charge in [0.15, 0.2) is 0 Å². The van der Waals surface area contributed by atoms with E-state index < -0.39 is 10.0 Å². The summed E-state index contributed by atoms with van der Waals surface area (Å²) in [5.74, 6) is 0.589. The number of sulfonamides is 1. The SMILES string of the molecule is O=S(=O)(C1CC1)N1CCN(c2nnc(C3CCCCC3)s2)CC1. The summed E-state index contributed by atoms with van der Waals surface area (Å²) in [5.41, 5.74) is 0. The summed E-state index contributed by atoms with van der Waals surface area (Å²) >= 11 is 1.71. The lowest BCUT2D eigenvalue weighted by Gasteiger charge is -2.33. The topological polar surface area (TPSA) is 66.4 Å². The van der Waals surface area contributed by atoms with E-state index in [1.807, 2.05) is 0 Å². The molecule has 128 valence electrons. The molecule has 23 heavy (non-hydrogen) atoms. The highest BCUT2D eigenvalue weighted by Gasteiger charge is 2.41. The highest BCUT2D eigenvalue weighted by Crippen LogP contribution is 2.36. The van der Waals surface area contributed by atoms with Crippen molar-refractivity contribution in [3.8, 4) is 0 Å². The molecule has 0 radical (unpaired) electrons. The Balaban J connectivity index is 1.38. The van der Waals surface area contributed by atoms with Crippen molar-refractivity contribution < 1.29 is 8.42 Å². The molecule has 0 aromatic carbocycles. The number of aromatic nitrogens is 2. The fraction of sp³-hybridized carbons (Fsp3) is 0.867. The van der Waals surface area contributed by atoms with Gasteiger partial charge >= 0.3 is 0 Å². The van der Waals surface area contributed by atoms with Gasteiger partial charge in [-0.05, 0) is 25.7 Å². The van der Waals surface area contributed by atoms with Crippen LogP contribution in [0.4, 0.5) is 5.13 Å². The number of anilines is 1. The van der Waals surface area contributed by atoms with Crippen molar-refractivity contribution in [1.29, 1.82) is 0 Å². The zero-order valence-corrected chi connectivity index (χ0v) is 15.0. The Bertz CT molecular complexity index is 642. The van der Waals surface area contributed by atoms with Crippen molar-refractivity contribution in [3.63, 3.8) is 0 Å². The molecule has 0 amide bonds. The number of rotatable bonds is 4. The van der Waals surface area contributed by atoms with Gasteiger partial charge in [0.25, 0.3) is 0 Å². The highest BCUT2D eigenvalue weighted by molar-refractivity contribution is 7.90. The van der Waals surface area contributed by atoms with E-state index in [1.54, 1.807) is 15.6 Å². The second-order valence-corrected chi connectivity index (χ2v) is 10.1. The maximum atomic E-state index is 12.3. The van der Waals surface area contributed by atoms with E-state index in [1.165, 1.54) is 37.1 Å². The minimum atomic E-state index is -3.03. The van der Waals surface area contributed by atoms with Crippen molar-refractivity contribution >= 4 is 26.5 Å². The van der Waals surface area contributed by atoms with Crippen LogP contribution in [0.3, 0.4) is 0 Å². The lowest BCUT2D eigenvalue weighted by molar-refractivity contribution is 0.383. The van der Waals surface area contributed by atoms with E-state index >= 15 is 0 Å². The maximum Gasteiger partial charge on any atom is 0.217 e. The van der Waals surface area contributed by atoms with Crippen LogP contribution < -0.4 is 4.90 Å². The second kappa shape index (κ2) is 6.29. The normalized spacial score (nSPS) is 25.0. The Morgan fingerprint density at radius 2 is 1.61 bits per heavy atom. The molecule has 0 unspecified atom stereocenters. The first-order valence-corrected chi connectivity index (χ1v) is 11.0. The van der Waals surface area contributed by atoms with Crippen LogP contribution in [0.1, 0.15) is 55.9 Å². The molecule has 1 aliphatic heterocycles. The molecule has 1 saturated heterocycles. The molecule has 0 atom stereocenters. The predicted molar refractivity (Wildman–Crippen MR) is 91.5 cm³/mol. The van der Waals surface area contributed by atoms with Crippen LogP contribution in [-0.4, -0.2) is 54.3 Å². The third-order valence-electron chi connectivity index (χ3n) is 5.20. The second-order valence-electron chi connectivity index (χ2n) is 6.89. The van der Waals surface area contributed by atoms with Gasteiger partial charge in [0.05, 0.1) is 5.25 Å². The third kappa shape index (κ3) is 3.25. The van der Waals surface area contributed by atoms with Crippen LogP contribution in [0.5, 0.6) is 0 Å². The van der Waals surface area contributed by atoms with Gasteiger partial charge in [-0.25, -0.2) is 8.42 Å². The minimum absolute atomic E-state index is 0.103. The lowest BCUT2D eigenvalue weighted by Crippen LogP contribution is -2.49. The maximum absolute atomic E-state index is 12.3. The van der Waals surface area contributed by atoms with E-state index in [-0.39, 0.29) is 5.25 Å². The van der Waals surface area contributed by atoms with Crippen LogP contribution in [-0.2, 0) is 10.0 Å². The van der Waals surface area contributed by atoms with Crippen molar-refractivity contribution in [2.75, 3.05) is 31.1 Å². The van der Waals surface area contributed by atoms with Crippen molar-refractivity contribution in [3.05, 3.63) is 5.01 Å². The Kier molecular flexibility index (Phi) is 4.32. The van der Waals surface area contributed by atoms with E-state index in [2.05, 4.69) is 15.1 Å². The van der Waals surface area contributed by atoms with Crippen LogP contribution >= 0.6 is 11.3 Å². The Labute approximate surface area is 141 Å². The number of piperazine rings is 1.